The minimum Gasteiger partial charge on any atom is -0.383 e. The van der Waals surface area contributed by atoms with E-state index in [1.54, 1.807) is 23.8 Å². The second kappa shape index (κ2) is 7.33. The van der Waals surface area contributed by atoms with Crippen LogP contribution in [0.5, 0.6) is 0 Å². The van der Waals surface area contributed by atoms with Crippen LogP contribution in [0.25, 0.3) is 0 Å². The molecule has 0 saturated carbocycles. The van der Waals surface area contributed by atoms with Crippen molar-refractivity contribution in [2.75, 3.05) is 13.7 Å². The van der Waals surface area contributed by atoms with Gasteiger partial charge in [-0.25, -0.2) is 0 Å². The van der Waals surface area contributed by atoms with E-state index < -0.39 is 0 Å². The first-order chi connectivity index (χ1) is 6.75. The molecule has 0 bridgehead atoms. The summed E-state index contributed by atoms with van der Waals surface area (Å²) in [6.45, 7) is 7.11. The summed E-state index contributed by atoms with van der Waals surface area (Å²) in [6, 6.07) is 5.24. The zero-order chi connectivity index (χ0) is 11.0. The predicted molar refractivity (Wildman–Crippen MR) is 58.7 cm³/mol. The van der Waals surface area contributed by atoms with Crippen LogP contribution in [-0.2, 0) is 11.3 Å². The second-order valence-electron chi connectivity index (χ2n) is 2.65. The van der Waals surface area contributed by atoms with Crippen molar-refractivity contribution in [2.45, 2.75) is 27.3 Å². The van der Waals surface area contributed by atoms with Crippen molar-refractivity contribution >= 4 is 0 Å². The molecule has 3 nitrogen and oxygen atoms in total. The van der Waals surface area contributed by atoms with E-state index in [0.29, 0.717) is 13.2 Å². The summed E-state index contributed by atoms with van der Waals surface area (Å²) in [6.07, 6.45) is 0. The van der Waals surface area contributed by atoms with Crippen LogP contribution in [0.15, 0.2) is 23.0 Å². The Morgan fingerprint density at radius 3 is 2.50 bits per heavy atom. The number of nitrogens with zero attached hydrogens (tertiary/aromatic N) is 1. The predicted octanol–water partition coefficient (Wildman–Crippen LogP) is 1.83. The van der Waals surface area contributed by atoms with E-state index in [9.17, 15) is 4.79 Å². The Morgan fingerprint density at radius 1 is 1.36 bits per heavy atom. The van der Waals surface area contributed by atoms with E-state index in [4.69, 9.17) is 4.74 Å². The lowest BCUT2D eigenvalue weighted by Gasteiger charge is -2.07. The number of aromatic nitrogens is 1. The number of hydrogen-bond acceptors (Lipinski definition) is 2. The topological polar surface area (TPSA) is 31.2 Å². The van der Waals surface area contributed by atoms with Gasteiger partial charge in [0.15, 0.2) is 0 Å². The van der Waals surface area contributed by atoms with Crippen LogP contribution in [0.4, 0.5) is 0 Å². The van der Waals surface area contributed by atoms with E-state index in [1.165, 1.54) is 0 Å². The monoisotopic (exact) mass is 197 g/mol. The van der Waals surface area contributed by atoms with Gasteiger partial charge in [-0.1, -0.05) is 19.9 Å². The summed E-state index contributed by atoms with van der Waals surface area (Å²) < 4.78 is 6.59. The van der Waals surface area contributed by atoms with Gasteiger partial charge in [0.2, 0.25) is 0 Å². The van der Waals surface area contributed by atoms with Crippen LogP contribution in [0.3, 0.4) is 0 Å². The third-order valence-electron chi connectivity index (χ3n) is 1.79. The van der Waals surface area contributed by atoms with Gasteiger partial charge in [-0.05, 0) is 13.0 Å². The van der Waals surface area contributed by atoms with Gasteiger partial charge in [0.25, 0.3) is 5.56 Å². The largest absolute Gasteiger partial charge is 0.383 e. The van der Waals surface area contributed by atoms with E-state index in [-0.39, 0.29) is 5.56 Å². The molecule has 0 radical (unpaired) electrons. The van der Waals surface area contributed by atoms with Crippen LogP contribution >= 0.6 is 0 Å². The zero-order valence-electron chi connectivity index (χ0n) is 9.41. The Labute approximate surface area is 85.3 Å². The number of aryl methyl sites for hydroxylation is 1. The van der Waals surface area contributed by atoms with Crippen LogP contribution < -0.4 is 5.56 Å². The lowest BCUT2D eigenvalue weighted by Crippen LogP contribution is -2.22. The Morgan fingerprint density at radius 2 is 2.00 bits per heavy atom. The van der Waals surface area contributed by atoms with Crippen LogP contribution in [0.1, 0.15) is 19.5 Å². The van der Waals surface area contributed by atoms with E-state index in [0.717, 1.165) is 5.69 Å². The molecule has 1 rings (SSSR count). The normalized spacial score (nSPS) is 9.14. The molecule has 0 aromatic carbocycles. The second-order valence-corrected chi connectivity index (χ2v) is 2.65. The fraction of sp³-hybridized carbons (Fsp3) is 0.545. The van der Waals surface area contributed by atoms with Gasteiger partial charge in [-0.15, -0.1) is 0 Å². The number of methoxy groups -OCH3 is 1. The lowest BCUT2D eigenvalue weighted by molar-refractivity contribution is 0.185. The van der Waals surface area contributed by atoms with Crippen LogP contribution in [0.2, 0.25) is 0 Å². The summed E-state index contributed by atoms with van der Waals surface area (Å²) >= 11 is 0. The highest BCUT2D eigenvalue weighted by molar-refractivity contribution is 5.04. The molecular formula is C11H19NO2. The average molecular weight is 197 g/mol. The molecule has 0 fully saturated rings. The van der Waals surface area contributed by atoms with Gasteiger partial charge in [0, 0.05) is 25.4 Å². The van der Waals surface area contributed by atoms with E-state index in [1.807, 2.05) is 26.8 Å². The quantitative estimate of drug-likeness (QED) is 0.740. The third-order valence-corrected chi connectivity index (χ3v) is 1.79. The maximum atomic E-state index is 11.3. The van der Waals surface area contributed by atoms with E-state index in [2.05, 4.69) is 0 Å². The van der Waals surface area contributed by atoms with Crippen molar-refractivity contribution < 1.29 is 4.74 Å². The van der Waals surface area contributed by atoms with Crippen LogP contribution in [0, 0.1) is 6.92 Å². The summed E-state index contributed by atoms with van der Waals surface area (Å²) in [4.78, 5) is 11.3. The summed E-state index contributed by atoms with van der Waals surface area (Å²) in [5.74, 6) is 0. The summed E-state index contributed by atoms with van der Waals surface area (Å²) in [5, 5.41) is 0. The molecule has 1 aromatic rings. The lowest BCUT2D eigenvalue weighted by atomic mass is 10.3. The molecule has 0 atom stereocenters. The standard InChI is InChI=1S/C9H13NO2.C2H6/c1-8-4-3-5-9(11)10(8)6-7-12-2;1-2/h3-5H,6-7H2,1-2H3;1-2H3. The molecule has 0 aliphatic rings. The van der Waals surface area contributed by atoms with Gasteiger partial charge in [-0.3, -0.25) is 4.79 Å². The highest BCUT2D eigenvalue weighted by Gasteiger charge is 1.96. The number of pyridine rings is 1. The Hall–Kier alpha value is -1.09. The Balaban J connectivity index is 0.000000791. The van der Waals surface area contributed by atoms with Gasteiger partial charge < -0.3 is 9.30 Å². The van der Waals surface area contributed by atoms with E-state index >= 15 is 0 Å². The van der Waals surface area contributed by atoms with Crippen molar-refractivity contribution in [2.24, 2.45) is 0 Å². The van der Waals surface area contributed by atoms with Crippen molar-refractivity contribution in [3.8, 4) is 0 Å². The minimum absolute atomic E-state index is 0.0343. The minimum atomic E-state index is 0.0343. The maximum absolute atomic E-state index is 11.3. The molecular weight excluding hydrogens is 178 g/mol. The highest BCUT2D eigenvalue weighted by Crippen LogP contribution is 1.92. The van der Waals surface area contributed by atoms with Crippen molar-refractivity contribution in [1.29, 1.82) is 0 Å². The fourth-order valence-corrected chi connectivity index (χ4v) is 1.09. The maximum Gasteiger partial charge on any atom is 0.250 e. The van der Waals surface area contributed by atoms with Gasteiger partial charge in [0.1, 0.15) is 0 Å². The summed E-state index contributed by atoms with van der Waals surface area (Å²) in [5.41, 5.74) is 1.01. The average Bonchev–Trinajstić information content (AvgIpc) is 2.20. The third kappa shape index (κ3) is 3.75. The molecule has 0 N–H and O–H groups in total. The SMILES string of the molecule is CC.COCCn1c(C)cccc1=O. The molecule has 0 aliphatic carbocycles. The number of rotatable bonds is 3. The first kappa shape index (κ1) is 12.9. The van der Waals surface area contributed by atoms with Gasteiger partial charge in [0.05, 0.1) is 6.61 Å². The molecule has 3 heteroatoms. The van der Waals surface area contributed by atoms with Crippen molar-refractivity contribution in [3.63, 3.8) is 0 Å². The Bertz CT molecular complexity index is 304. The van der Waals surface area contributed by atoms with Gasteiger partial charge in [-0.2, -0.15) is 0 Å². The summed E-state index contributed by atoms with van der Waals surface area (Å²) in [7, 11) is 1.63. The zero-order valence-corrected chi connectivity index (χ0v) is 9.41. The van der Waals surface area contributed by atoms with Crippen molar-refractivity contribution in [1.82, 2.24) is 4.57 Å². The number of hydrogen-bond donors (Lipinski definition) is 0. The molecule has 0 aliphatic heterocycles. The first-order valence-electron chi connectivity index (χ1n) is 4.91. The molecule has 0 spiro atoms. The smallest absolute Gasteiger partial charge is 0.250 e. The molecule has 1 aromatic heterocycles. The molecule has 0 amide bonds. The van der Waals surface area contributed by atoms with Crippen LogP contribution in [-0.4, -0.2) is 18.3 Å². The first-order valence-corrected chi connectivity index (χ1v) is 4.91. The highest BCUT2D eigenvalue weighted by atomic mass is 16.5. The van der Waals surface area contributed by atoms with Crippen molar-refractivity contribution in [3.05, 3.63) is 34.2 Å². The molecule has 80 valence electrons. The van der Waals surface area contributed by atoms with Gasteiger partial charge >= 0.3 is 0 Å². The molecule has 0 saturated heterocycles. The number of ether oxygens (including phenoxy) is 1. The molecule has 14 heavy (non-hydrogen) atoms. The Kier molecular flexibility index (Phi) is 6.76. The molecule has 0 unspecified atom stereocenters. The molecule has 1 heterocycles. The fourth-order valence-electron chi connectivity index (χ4n) is 1.09.